The molecular weight excluding hydrogens is 515 g/mol. The van der Waals surface area contributed by atoms with Crippen LogP contribution in [0.25, 0.3) is 0 Å². The van der Waals surface area contributed by atoms with Gasteiger partial charge in [0.05, 0.1) is 18.8 Å². The van der Waals surface area contributed by atoms with Crippen molar-refractivity contribution in [1.29, 1.82) is 0 Å². The van der Waals surface area contributed by atoms with E-state index in [1.807, 2.05) is 62.5 Å². The summed E-state index contributed by atoms with van der Waals surface area (Å²) in [5.74, 6) is 1.25. The number of aliphatic imine (C=N–C) groups is 1. The standard InChI is InChI=1S/C20H30N6O2S.HI/c1-5-21-18(27)13-28-17-9-7-8-15(10-17)11-23-19(22-6-2)24-12-16-14-29-20(25-16)26(3)4;/h7-10,14H,5-6,11-13H2,1-4H3,(H,21,27)(H2,22,23,24);1H. The molecule has 1 aromatic heterocycles. The van der Waals surface area contributed by atoms with Gasteiger partial charge in [-0.05, 0) is 31.5 Å². The Hall–Kier alpha value is -2.08. The summed E-state index contributed by atoms with van der Waals surface area (Å²) in [4.78, 5) is 22.7. The van der Waals surface area contributed by atoms with Gasteiger partial charge in [0, 0.05) is 32.6 Å². The number of nitrogens with zero attached hydrogens (tertiary/aromatic N) is 3. The Balaban J connectivity index is 0.00000450. The first-order valence-corrected chi connectivity index (χ1v) is 10.5. The van der Waals surface area contributed by atoms with Gasteiger partial charge in [-0.2, -0.15) is 0 Å². The molecule has 10 heteroatoms. The van der Waals surface area contributed by atoms with Crippen LogP contribution in [0.2, 0.25) is 0 Å². The fourth-order valence-corrected chi connectivity index (χ4v) is 3.16. The molecule has 0 saturated heterocycles. The molecule has 0 aliphatic carbocycles. The van der Waals surface area contributed by atoms with E-state index < -0.39 is 0 Å². The summed E-state index contributed by atoms with van der Waals surface area (Å²) < 4.78 is 5.54. The summed E-state index contributed by atoms with van der Waals surface area (Å²) in [5.41, 5.74) is 1.98. The van der Waals surface area contributed by atoms with Gasteiger partial charge in [0.2, 0.25) is 0 Å². The predicted octanol–water partition coefficient (Wildman–Crippen LogP) is 2.60. The van der Waals surface area contributed by atoms with Crippen LogP contribution < -0.4 is 25.6 Å². The van der Waals surface area contributed by atoms with Gasteiger partial charge in [0.1, 0.15) is 5.75 Å². The Morgan fingerprint density at radius 3 is 2.63 bits per heavy atom. The summed E-state index contributed by atoms with van der Waals surface area (Å²) in [7, 11) is 3.96. The van der Waals surface area contributed by atoms with Crippen molar-refractivity contribution in [3.8, 4) is 5.75 Å². The second-order valence-corrected chi connectivity index (χ2v) is 7.29. The third-order valence-electron chi connectivity index (χ3n) is 3.77. The summed E-state index contributed by atoms with van der Waals surface area (Å²) in [5, 5.41) is 12.3. The molecule has 8 nitrogen and oxygen atoms in total. The summed E-state index contributed by atoms with van der Waals surface area (Å²) in [6.45, 7) is 6.37. The lowest BCUT2D eigenvalue weighted by molar-refractivity contribution is -0.122. The molecule has 1 heterocycles. The van der Waals surface area contributed by atoms with E-state index in [1.165, 1.54) is 0 Å². The number of likely N-dealkylation sites (N-methyl/N-ethyl adjacent to an activating group) is 1. The van der Waals surface area contributed by atoms with E-state index in [0.717, 1.165) is 28.9 Å². The maximum atomic E-state index is 11.5. The molecule has 0 spiro atoms. The van der Waals surface area contributed by atoms with Crippen LogP contribution in [0.5, 0.6) is 5.75 Å². The minimum atomic E-state index is -0.131. The first kappa shape index (κ1) is 26.0. The van der Waals surface area contributed by atoms with Gasteiger partial charge in [0.15, 0.2) is 17.7 Å². The third-order valence-corrected chi connectivity index (χ3v) is 4.82. The van der Waals surface area contributed by atoms with Crippen molar-refractivity contribution < 1.29 is 9.53 Å². The zero-order valence-corrected chi connectivity index (χ0v) is 21.0. The van der Waals surface area contributed by atoms with Crippen molar-refractivity contribution >= 4 is 52.3 Å². The number of rotatable bonds is 10. The molecule has 0 saturated carbocycles. The van der Waals surface area contributed by atoms with Gasteiger partial charge in [-0.25, -0.2) is 9.98 Å². The van der Waals surface area contributed by atoms with Crippen molar-refractivity contribution in [2.24, 2.45) is 4.99 Å². The van der Waals surface area contributed by atoms with E-state index >= 15 is 0 Å². The maximum Gasteiger partial charge on any atom is 0.257 e. The van der Waals surface area contributed by atoms with Gasteiger partial charge in [-0.3, -0.25) is 4.79 Å². The molecule has 1 amide bonds. The van der Waals surface area contributed by atoms with Gasteiger partial charge >= 0.3 is 0 Å². The van der Waals surface area contributed by atoms with Gasteiger partial charge in [-0.15, -0.1) is 35.3 Å². The number of hydrogen-bond donors (Lipinski definition) is 3. The Morgan fingerprint density at radius 2 is 1.97 bits per heavy atom. The number of ether oxygens (including phenoxy) is 1. The highest BCUT2D eigenvalue weighted by atomic mass is 127. The molecule has 30 heavy (non-hydrogen) atoms. The smallest absolute Gasteiger partial charge is 0.257 e. The fraction of sp³-hybridized carbons (Fsp3) is 0.450. The number of thiazole rings is 1. The highest BCUT2D eigenvalue weighted by Gasteiger charge is 2.06. The van der Waals surface area contributed by atoms with E-state index in [2.05, 4.69) is 25.9 Å². The summed E-state index contributed by atoms with van der Waals surface area (Å²) >= 11 is 1.62. The molecule has 1 aromatic carbocycles. The zero-order chi connectivity index (χ0) is 21.1. The van der Waals surface area contributed by atoms with E-state index in [4.69, 9.17) is 4.74 Å². The van der Waals surface area contributed by atoms with E-state index in [9.17, 15) is 4.79 Å². The SMILES string of the molecule is CCNC(=O)COc1cccc(CN=C(NCC)NCc2csc(N(C)C)n2)c1.I. The normalized spacial score (nSPS) is 10.7. The number of aromatic nitrogens is 1. The number of nitrogens with one attached hydrogen (secondary N) is 3. The van der Waals surface area contributed by atoms with Gasteiger partial charge in [-0.1, -0.05) is 12.1 Å². The topological polar surface area (TPSA) is 90.9 Å². The Morgan fingerprint density at radius 1 is 1.20 bits per heavy atom. The van der Waals surface area contributed by atoms with Crippen molar-refractivity contribution in [2.75, 3.05) is 38.7 Å². The first-order valence-electron chi connectivity index (χ1n) is 9.64. The Bertz CT molecular complexity index is 812. The number of hydrogen-bond acceptors (Lipinski definition) is 6. The fourth-order valence-electron chi connectivity index (χ4n) is 2.40. The Labute approximate surface area is 199 Å². The minimum Gasteiger partial charge on any atom is -0.484 e. The molecule has 2 aromatic rings. The number of amides is 1. The van der Waals surface area contributed by atoms with Crippen LogP contribution in [-0.4, -0.2) is 50.6 Å². The molecule has 0 aliphatic heterocycles. The predicted molar refractivity (Wildman–Crippen MR) is 134 cm³/mol. The average Bonchev–Trinajstić information content (AvgIpc) is 3.18. The van der Waals surface area contributed by atoms with Gasteiger partial charge < -0.3 is 25.6 Å². The number of carbonyl (C=O) groups excluding carboxylic acids is 1. The lowest BCUT2D eigenvalue weighted by Gasteiger charge is -2.11. The van der Waals surface area contributed by atoms with Crippen molar-refractivity contribution in [3.63, 3.8) is 0 Å². The van der Waals surface area contributed by atoms with Crippen LogP contribution >= 0.6 is 35.3 Å². The number of halogens is 1. The van der Waals surface area contributed by atoms with Crippen molar-refractivity contribution in [1.82, 2.24) is 20.9 Å². The molecule has 0 unspecified atom stereocenters. The van der Waals surface area contributed by atoms with Crippen LogP contribution in [0.15, 0.2) is 34.6 Å². The second kappa shape index (κ2) is 14.0. The van der Waals surface area contributed by atoms with Crippen LogP contribution in [-0.2, 0) is 17.9 Å². The van der Waals surface area contributed by atoms with Crippen LogP contribution in [0.3, 0.4) is 0 Å². The highest BCUT2D eigenvalue weighted by Crippen LogP contribution is 2.17. The molecule has 166 valence electrons. The second-order valence-electron chi connectivity index (χ2n) is 6.45. The van der Waals surface area contributed by atoms with E-state index in [0.29, 0.717) is 25.4 Å². The average molecular weight is 546 g/mol. The maximum absolute atomic E-state index is 11.5. The molecule has 0 fully saturated rings. The molecule has 0 aliphatic rings. The number of carbonyl (C=O) groups is 1. The minimum absolute atomic E-state index is 0. The van der Waals surface area contributed by atoms with Crippen molar-refractivity contribution in [2.45, 2.75) is 26.9 Å². The number of benzene rings is 1. The first-order chi connectivity index (χ1) is 14.0. The Kier molecular flexibility index (Phi) is 12.1. The lowest BCUT2D eigenvalue weighted by Crippen LogP contribution is -2.36. The molecule has 3 N–H and O–H groups in total. The van der Waals surface area contributed by atoms with Crippen LogP contribution in [0.1, 0.15) is 25.1 Å². The number of anilines is 1. The summed E-state index contributed by atoms with van der Waals surface area (Å²) in [6, 6.07) is 7.61. The monoisotopic (exact) mass is 546 g/mol. The van der Waals surface area contributed by atoms with Gasteiger partial charge in [0.25, 0.3) is 5.91 Å². The van der Waals surface area contributed by atoms with E-state index in [-0.39, 0.29) is 36.5 Å². The molecule has 0 radical (unpaired) electrons. The molecule has 0 bridgehead atoms. The molecule has 0 atom stereocenters. The molecule has 2 rings (SSSR count). The lowest BCUT2D eigenvalue weighted by atomic mass is 10.2. The van der Waals surface area contributed by atoms with Crippen LogP contribution in [0, 0.1) is 0 Å². The van der Waals surface area contributed by atoms with Crippen LogP contribution in [0.4, 0.5) is 5.13 Å². The largest absolute Gasteiger partial charge is 0.484 e. The molecular formula is C20H31IN6O2S. The van der Waals surface area contributed by atoms with E-state index in [1.54, 1.807) is 11.3 Å². The highest BCUT2D eigenvalue weighted by molar-refractivity contribution is 14.0. The number of guanidine groups is 1. The third kappa shape index (κ3) is 9.16. The zero-order valence-electron chi connectivity index (χ0n) is 17.9. The quantitative estimate of drug-likeness (QED) is 0.241. The van der Waals surface area contributed by atoms with Crippen molar-refractivity contribution in [3.05, 3.63) is 40.9 Å². The summed E-state index contributed by atoms with van der Waals surface area (Å²) in [6.07, 6.45) is 0.